The molecule has 3 nitrogen and oxygen atoms in total. The van der Waals surface area contributed by atoms with Crippen molar-refractivity contribution in [2.75, 3.05) is 13.1 Å². The first-order chi connectivity index (χ1) is 9.44. The van der Waals surface area contributed by atoms with Gasteiger partial charge in [-0.3, -0.25) is 16.2 Å². The summed E-state index contributed by atoms with van der Waals surface area (Å²) < 4.78 is 26.6. The van der Waals surface area contributed by atoms with Crippen molar-refractivity contribution in [1.29, 1.82) is 0 Å². The number of hydrogen-bond acceptors (Lipinski definition) is 3. The van der Waals surface area contributed by atoms with Crippen molar-refractivity contribution in [3.05, 3.63) is 35.4 Å². The van der Waals surface area contributed by atoms with Gasteiger partial charge in [0.05, 0.1) is 6.04 Å². The van der Waals surface area contributed by atoms with E-state index >= 15 is 0 Å². The summed E-state index contributed by atoms with van der Waals surface area (Å²) in [6, 6.07) is 3.67. The van der Waals surface area contributed by atoms with Gasteiger partial charge in [-0.05, 0) is 44.1 Å². The van der Waals surface area contributed by atoms with E-state index in [1.54, 1.807) is 6.07 Å². The van der Waals surface area contributed by atoms with Crippen LogP contribution in [0.4, 0.5) is 8.78 Å². The Morgan fingerprint density at radius 2 is 1.80 bits per heavy atom. The Morgan fingerprint density at radius 3 is 2.20 bits per heavy atom. The quantitative estimate of drug-likeness (QED) is 0.598. The zero-order chi connectivity index (χ0) is 15.3. The minimum atomic E-state index is -0.847. The molecule has 5 heteroatoms. The Labute approximate surface area is 120 Å². The summed E-state index contributed by atoms with van der Waals surface area (Å²) in [5.74, 6) is 4.02. The lowest BCUT2D eigenvalue weighted by atomic mass is 9.83. The van der Waals surface area contributed by atoms with Crippen LogP contribution >= 0.6 is 0 Å². The van der Waals surface area contributed by atoms with Gasteiger partial charge in [-0.15, -0.1) is 0 Å². The van der Waals surface area contributed by atoms with Crippen LogP contribution in [0, 0.1) is 11.6 Å². The summed E-state index contributed by atoms with van der Waals surface area (Å²) >= 11 is 0. The molecule has 0 aliphatic carbocycles. The topological polar surface area (TPSA) is 41.3 Å². The molecule has 1 aromatic carbocycles. The maximum absolute atomic E-state index is 13.5. The van der Waals surface area contributed by atoms with Crippen LogP contribution in [0.2, 0.25) is 0 Å². The molecule has 0 saturated heterocycles. The Kier molecular flexibility index (Phi) is 6.05. The molecule has 2 atom stereocenters. The highest BCUT2D eigenvalue weighted by Crippen LogP contribution is 2.34. The molecule has 0 aliphatic heterocycles. The first kappa shape index (κ1) is 17.0. The van der Waals surface area contributed by atoms with Crippen LogP contribution in [0.3, 0.4) is 0 Å². The highest BCUT2D eigenvalue weighted by Gasteiger charge is 2.37. The number of likely N-dealkylation sites (N-methyl/N-ethyl adjacent to an activating group) is 1. The average Bonchev–Trinajstić information content (AvgIpc) is 2.44. The Balaban J connectivity index is 3.23. The van der Waals surface area contributed by atoms with E-state index in [4.69, 9.17) is 5.84 Å². The smallest absolute Gasteiger partial charge is 0.159 e. The van der Waals surface area contributed by atoms with E-state index in [9.17, 15) is 8.78 Å². The van der Waals surface area contributed by atoms with Crippen LogP contribution in [0.1, 0.15) is 45.7 Å². The highest BCUT2D eigenvalue weighted by molar-refractivity contribution is 5.24. The van der Waals surface area contributed by atoms with Crippen molar-refractivity contribution in [2.45, 2.75) is 45.7 Å². The lowest BCUT2D eigenvalue weighted by Gasteiger charge is -2.45. The zero-order valence-electron chi connectivity index (χ0n) is 12.7. The summed E-state index contributed by atoms with van der Waals surface area (Å²) in [4.78, 5) is 2.28. The predicted octanol–water partition coefficient (Wildman–Crippen LogP) is 2.98. The summed E-state index contributed by atoms with van der Waals surface area (Å²) in [6.45, 7) is 10.0. The summed E-state index contributed by atoms with van der Waals surface area (Å²) in [7, 11) is 0. The first-order valence-corrected chi connectivity index (χ1v) is 7.10. The molecule has 1 rings (SSSR count). The molecular formula is C15H25F2N3. The molecule has 0 saturated carbocycles. The molecule has 2 unspecified atom stereocenters. The van der Waals surface area contributed by atoms with Gasteiger partial charge in [0, 0.05) is 5.54 Å². The van der Waals surface area contributed by atoms with Crippen LogP contribution in [-0.2, 0) is 0 Å². The molecule has 0 radical (unpaired) electrons. The maximum Gasteiger partial charge on any atom is 0.159 e. The Bertz CT molecular complexity index is 435. The molecule has 0 bridgehead atoms. The number of benzene rings is 1. The fraction of sp³-hybridized carbons (Fsp3) is 0.600. The normalized spacial score (nSPS) is 16.2. The van der Waals surface area contributed by atoms with Crippen LogP contribution in [0.25, 0.3) is 0 Å². The van der Waals surface area contributed by atoms with Gasteiger partial charge in [0.25, 0.3) is 0 Å². The molecule has 0 aromatic heterocycles. The van der Waals surface area contributed by atoms with Gasteiger partial charge in [0.15, 0.2) is 11.6 Å². The van der Waals surface area contributed by atoms with Crippen molar-refractivity contribution in [3.63, 3.8) is 0 Å². The van der Waals surface area contributed by atoms with E-state index in [0.29, 0.717) is 5.56 Å². The molecule has 20 heavy (non-hydrogen) atoms. The maximum atomic E-state index is 13.5. The highest BCUT2D eigenvalue weighted by atomic mass is 19.2. The second kappa shape index (κ2) is 7.11. The molecule has 0 spiro atoms. The van der Waals surface area contributed by atoms with Gasteiger partial charge in [0.1, 0.15) is 0 Å². The average molecular weight is 285 g/mol. The number of halogens is 2. The summed E-state index contributed by atoms with van der Waals surface area (Å²) in [5, 5.41) is 0. The Hall–Kier alpha value is -1.04. The molecular weight excluding hydrogens is 260 g/mol. The van der Waals surface area contributed by atoms with Gasteiger partial charge >= 0.3 is 0 Å². The second-order valence-corrected chi connectivity index (χ2v) is 5.16. The van der Waals surface area contributed by atoms with Crippen molar-refractivity contribution >= 4 is 0 Å². The van der Waals surface area contributed by atoms with Crippen molar-refractivity contribution in [1.82, 2.24) is 10.3 Å². The molecule has 0 aliphatic rings. The van der Waals surface area contributed by atoms with Gasteiger partial charge in [-0.1, -0.05) is 26.8 Å². The number of nitrogens with one attached hydrogen (secondary N) is 1. The number of nitrogens with two attached hydrogens (primary N) is 1. The van der Waals surface area contributed by atoms with Crippen molar-refractivity contribution < 1.29 is 8.78 Å². The van der Waals surface area contributed by atoms with Crippen molar-refractivity contribution in [3.8, 4) is 0 Å². The Morgan fingerprint density at radius 1 is 1.20 bits per heavy atom. The number of rotatable bonds is 7. The van der Waals surface area contributed by atoms with Gasteiger partial charge in [-0.2, -0.15) is 0 Å². The van der Waals surface area contributed by atoms with Crippen LogP contribution in [-0.4, -0.2) is 23.5 Å². The van der Waals surface area contributed by atoms with Crippen LogP contribution in [0.15, 0.2) is 18.2 Å². The van der Waals surface area contributed by atoms with E-state index in [-0.39, 0.29) is 11.6 Å². The SMILES string of the molecule is CCN(CC)C(C)(CC)C(NN)c1ccc(F)c(F)c1. The third kappa shape index (κ3) is 3.16. The minimum absolute atomic E-state index is 0.275. The molecule has 114 valence electrons. The molecule has 1 aromatic rings. The minimum Gasteiger partial charge on any atom is -0.297 e. The molecule has 0 amide bonds. The molecule has 3 N–H and O–H groups in total. The van der Waals surface area contributed by atoms with Crippen LogP contribution < -0.4 is 11.3 Å². The predicted molar refractivity (Wildman–Crippen MR) is 78.0 cm³/mol. The summed E-state index contributed by atoms with van der Waals surface area (Å²) in [5.41, 5.74) is 3.15. The van der Waals surface area contributed by atoms with E-state index < -0.39 is 11.6 Å². The third-order valence-electron chi connectivity index (χ3n) is 4.27. The fourth-order valence-electron chi connectivity index (χ4n) is 2.88. The molecule has 0 heterocycles. The van der Waals surface area contributed by atoms with E-state index in [0.717, 1.165) is 25.6 Å². The van der Waals surface area contributed by atoms with Gasteiger partial charge in [0.2, 0.25) is 0 Å². The lowest BCUT2D eigenvalue weighted by molar-refractivity contribution is 0.0697. The number of hydrogen-bond donors (Lipinski definition) is 2. The lowest BCUT2D eigenvalue weighted by Crippen LogP contribution is -2.55. The fourth-order valence-corrected chi connectivity index (χ4v) is 2.88. The van der Waals surface area contributed by atoms with E-state index in [1.807, 2.05) is 0 Å². The second-order valence-electron chi connectivity index (χ2n) is 5.16. The van der Waals surface area contributed by atoms with Crippen molar-refractivity contribution in [2.24, 2.45) is 5.84 Å². The van der Waals surface area contributed by atoms with Crippen LogP contribution in [0.5, 0.6) is 0 Å². The molecule has 0 fully saturated rings. The largest absolute Gasteiger partial charge is 0.297 e. The standard InChI is InChI=1S/C15H25F2N3/c1-5-15(4,20(6-2)7-3)14(19-18)11-8-9-12(16)13(17)10-11/h8-10,14,19H,5-7,18H2,1-4H3. The first-order valence-electron chi connectivity index (χ1n) is 7.10. The number of hydrazine groups is 1. The zero-order valence-corrected chi connectivity index (χ0v) is 12.7. The van der Waals surface area contributed by atoms with E-state index in [2.05, 4.69) is 38.0 Å². The summed E-state index contributed by atoms with van der Waals surface area (Å²) in [6.07, 6.45) is 0.836. The van der Waals surface area contributed by atoms with E-state index in [1.165, 1.54) is 6.07 Å². The van der Waals surface area contributed by atoms with Gasteiger partial charge < -0.3 is 0 Å². The third-order valence-corrected chi connectivity index (χ3v) is 4.27. The van der Waals surface area contributed by atoms with Gasteiger partial charge in [-0.25, -0.2) is 8.78 Å². The monoisotopic (exact) mass is 285 g/mol. The number of nitrogens with zero attached hydrogens (tertiary/aromatic N) is 1.